The number of aromatic nitrogens is 4. The van der Waals surface area contributed by atoms with Gasteiger partial charge in [-0.3, -0.25) is 23.6 Å². The summed E-state index contributed by atoms with van der Waals surface area (Å²) in [4.78, 5) is 45.1. The fourth-order valence-corrected chi connectivity index (χ4v) is 4.98. The van der Waals surface area contributed by atoms with Crippen molar-refractivity contribution in [3.63, 3.8) is 0 Å². The zero-order chi connectivity index (χ0) is 30.4. The summed E-state index contributed by atoms with van der Waals surface area (Å²) >= 11 is 0. The molecule has 42 heavy (non-hydrogen) atoms. The molecule has 0 unspecified atom stereocenters. The highest BCUT2D eigenvalue weighted by molar-refractivity contribution is 5.98. The number of nitrogens with zero attached hydrogens (tertiary/aromatic N) is 6. The van der Waals surface area contributed by atoms with E-state index in [2.05, 4.69) is 26.4 Å². The van der Waals surface area contributed by atoms with Gasteiger partial charge in [0.05, 0.1) is 18.2 Å². The number of carbonyl (C=O) groups excluding carboxylic acids is 1. The smallest absolute Gasteiger partial charge is 0.323 e. The summed E-state index contributed by atoms with van der Waals surface area (Å²) in [5.41, 5.74) is 3.71. The number of likely N-dealkylation sites (tertiary alicyclic amines) is 1. The Balaban J connectivity index is 0.00000198. The lowest BCUT2D eigenvalue weighted by Crippen LogP contribution is -2.46. The fraction of sp³-hybridized carbons (Fsp3) is 0.355. The molecule has 1 amide bonds. The van der Waals surface area contributed by atoms with Crippen LogP contribution < -0.4 is 10.9 Å². The van der Waals surface area contributed by atoms with Crippen LogP contribution in [-0.4, -0.2) is 60.8 Å². The highest BCUT2D eigenvalue weighted by atomic mass is 16.4. The Morgan fingerprint density at radius 3 is 2.50 bits per heavy atom. The minimum Gasteiger partial charge on any atom is -0.480 e. The van der Waals surface area contributed by atoms with E-state index in [0.29, 0.717) is 31.4 Å². The summed E-state index contributed by atoms with van der Waals surface area (Å²) in [6.45, 7) is 7.56. The predicted molar refractivity (Wildman–Crippen MR) is 159 cm³/mol. The second-order valence-corrected chi connectivity index (χ2v) is 10.1. The zero-order valence-corrected chi connectivity index (χ0v) is 24.3. The highest BCUT2D eigenvalue weighted by Crippen LogP contribution is 2.30. The lowest BCUT2D eigenvalue weighted by Gasteiger charge is -2.35. The number of nitriles is 1. The number of nitrogens with one attached hydrogen (secondary N) is 1. The third-order valence-electron chi connectivity index (χ3n) is 7.17. The minimum absolute atomic E-state index is 0.0107. The molecule has 1 fully saturated rings. The van der Waals surface area contributed by atoms with Crippen LogP contribution in [0, 0.1) is 24.2 Å². The summed E-state index contributed by atoms with van der Waals surface area (Å²) in [5.74, 6) is -1.80. The van der Waals surface area contributed by atoms with Crippen LogP contribution in [0.3, 0.4) is 0 Å². The number of rotatable bonds is 9. The van der Waals surface area contributed by atoms with Gasteiger partial charge < -0.3 is 15.3 Å². The molecular formula is C31H35N7O4. The molecule has 0 bridgehead atoms. The Bertz CT molecular complexity index is 1690. The normalized spacial score (nSPS) is 13.1. The van der Waals surface area contributed by atoms with Crippen LogP contribution in [0.5, 0.6) is 0 Å². The average molecular weight is 570 g/mol. The van der Waals surface area contributed by atoms with Crippen molar-refractivity contribution >= 4 is 22.9 Å². The van der Waals surface area contributed by atoms with Crippen molar-refractivity contribution in [2.24, 2.45) is 13.0 Å². The van der Waals surface area contributed by atoms with E-state index in [4.69, 9.17) is 5.26 Å². The molecule has 11 nitrogen and oxygen atoms in total. The topological polar surface area (TPSA) is 146 Å². The summed E-state index contributed by atoms with van der Waals surface area (Å²) in [6.07, 6.45) is 5.73. The summed E-state index contributed by atoms with van der Waals surface area (Å²) in [6, 6.07) is 11.5. The third-order valence-corrected chi connectivity index (χ3v) is 7.17. The maximum Gasteiger partial charge on any atom is 0.323 e. The third kappa shape index (κ3) is 6.56. The number of amides is 1. The van der Waals surface area contributed by atoms with Crippen LogP contribution in [0.25, 0.3) is 22.2 Å². The number of aryl methyl sites for hydroxylation is 2. The molecule has 1 saturated heterocycles. The van der Waals surface area contributed by atoms with Gasteiger partial charge in [-0.1, -0.05) is 43.7 Å². The Labute approximate surface area is 244 Å². The van der Waals surface area contributed by atoms with Crippen LogP contribution in [-0.2, 0) is 31.4 Å². The number of carbonyl (C=O) groups is 2. The van der Waals surface area contributed by atoms with Crippen LogP contribution in [0.2, 0.25) is 0 Å². The van der Waals surface area contributed by atoms with E-state index in [1.54, 1.807) is 24.1 Å². The van der Waals surface area contributed by atoms with E-state index >= 15 is 0 Å². The summed E-state index contributed by atoms with van der Waals surface area (Å²) < 4.78 is 2.72. The number of pyridine rings is 2. The number of fused-ring (bicyclic) bond motifs is 1. The first-order valence-corrected chi connectivity index (χ1v) is 14.0. The van der Waals surface area contributed by atoms with E-state index < -0.39 is 24.0 Å². The van der Waals surface area contributed by atoms with Crippen molar-refractivity contribution in [3.8, 4) is 17.2 Å². The molecule has 0 atom stereocenters. The van der Waals surface area contributed by atoms with Gasteiger partial charge in [-0.05, 0) is 30.5 Å². The van der Waals surface area contributed by atoms with Crippen molar-refractivity contribution in [3.05, 3.63) is 81.5 Å². The van der Waals surface area contributed by atoms with Crippen LogP contribution >= 0.6 is 0 Å². The average Bonchev–Trinajstić information content (AvgIpc) is 3.39. The van der Waals surface area contributed by atoms with Gasteiger partial charge in [0, 0.05) is 62.1 Å². The van der Waals surface area contributed by atoms with E-state index in [1.165, 1.54) is 6.07 Å². The van der Waals surface area contributed by atoms with Crippen molar-refractivity contribution in [2.75, 3.05) is 19.6 Å². The maximum absolute atomic E-state index is 13.4. The van der Waals surface area contributed by atoms with Gasteiger partial charge >= 0.3 is 5.97 Å². The van der Waals surface area contributed by atoms with Crippen molar-refractivity contribution in [1.29, 1.82) is 5.26 Å². The Kier molecular flexibility index (Phi) is 9.49. The quantitative estimate of drug-likeness (QED) is 0.313. The molecule has 4 heterocycles. The molecule has 1 aliphatic heterocycles. The monoisotopic (exact) mass is 569 g/mol. The van der Waals surface area contributed by atoms with Gasteiger partial charge in [0.2, 0.25) is 0 Å². The van der Waals surface area contributed by atoms with Gasteiger partial charge in [-0.2, -0.15) is 10.4 Å². The molecule has 3 aromatic heterocycles. The Morgan fingerprint density at radius 2 is 1.88 bits per heavy atom. The fourth-order valence-electron chi connectivity index (χ4n) is 4.98. The lowest BCUT2D eigenvalue weighted by molar-refractivity contribution is -0.137. The molecule has 1 aromatic carbocycles. The predicted octanol–water partition coefficient (Wildman–Crippen LogP) is 3.14. The number of carboxylic acids is 1. The first-order chi connectivity index (χ1) is 20.2. The molecule has 4 aromatic rings. The van der Waals surface area contributed by atoms with Gasteiger partial charge in [-0.25, -0.2) is 4.98 Å². The summed E-state index contributed by atoms with van der Waals surface area (Å²) in [7, 11) is 1.81. The molecule has 11 heteroatoms. The van der Waals surface area contributed by atoms with Gasteiger partial charge in [0.25, 0.3) is 11.5 Å². The van der Waals surface area contributed by atoms with E-state index in [-0.39, 0.29) is 23.7 Å². The molecule has 218 valence electrons. The highest BCUT2D eigenvalue weighted by Gasteiger charge is 2.27. The number of hydrogen-bond donors (Lipinski definition) is 2. The number of benzene rings is 1. The Morgan fingerprint density at radius 1 is 1.17 bits per heavy atom. The van der Waals surface area contributed by atoms with Crippen LogP contribution in [0.1, 0.15) is 40.9 Å². The number of aliphatic carboxylic acids is 1. The second-order valence-electron chi connectivity index (χ2n) is 10.1. The molecule has 0 aliphatic carbocycles. The first kappa shape index (κ1) is 30.1. The molecule has 1 aliphatic rings. The van der Waals surface area contributed by atoms with Crippen LogP contribution in [0.15, 0.2) is 53.7 Å². The van der Waals surface area contributed by atoms with Crippen molar-refractivity contribution in [2.45, 2.75) is 40.3 Å². The molecule has 5 rings (SSSR count). The first-order valence-electron chi connectivity index (χ1n) is 14.0. The molecule has 2 N–H and O–H groups in total. The molecule has 0 spiro atoms. The van der Waals surface area contributed by atoms with E-state index in [9.17, 15) is 19.5 Å². The van der Waals surface area contributed by atoms with Crippen molar-refractivity contribution in [1.82, 2.24) is 29.5 Å². The zero-order valence-electron chi connectivity index (χ0n) is 24.3. The molecule has 0 radical (unpaired) electrons. The SMILES string of the molecule is CC.Cc1ccc(CNC(=O)c2cc3c(CCN4CC(C#N)C4)c(-c4cnn(C)c4)cnc3n(CC(=O)O)c2=O)cc1. The van der Waals surface area contributed by atoms with Gasteiger partial charge in [0.1, 0.15) is 17.8 Å². The maximum atomic E-state index is 13.4. The van der Waals surface area contributed by atoms with Gasteiger partial charge in [-0.15, -0.1) is 0 Å². The Hall–Kier alpha value is -4.82. The number of carboxylic acid groups (broad SMARTS) is 1. The van der Waals surface area contributed by atoms with Crippen LogP contribution in [0.4, 0.5) is 0 Å². The minimum atomic E-state index is -1.22. The van der Waals surface area contributed by atoms with Gasteiger partial charge in [0.15, 0.2) is 0 Å². The molecular weight excluding hydrogens is 534 g/mol. The van der Waals surface area contributed by atoms with E-state index in [1.807, 2.05) is 51.2 Å². The summed E-state index contributed by atoms with van der Waals surface area (Å²) in [5, 5.41) is 26.3. The number of hydrogen-bond acceptors (Lipinski definition) is 7. The largest absolute Gasteiger partial charge is 0.480 e. The molecule has 0 saturated carbocycles. The second kappa shape index (κ2) is 13.2. The van der Waals surface area contributed by atoms with E-state index in [0.717, 1.165) is 32.4 Å². The standard InChI is InChI=1S/C29H29N7O4.C2H6/c1-18-3-5-19(6-4-18)11-32-28(39)24-9-23-22(7-8-35-14-20(10-30)15-35)25(21-12-33-34(2)16-21)13-31-27(23)36(29(24)40)17-26(37)38;1-2/h3-6,9,12-13,16,20H,7-8,11,14-15,17H2,1-2H3,(H,32,39)(H,37,38);1-2H3. The van der Waals surface area contributed by atoms with Crippen molar-refractivity contribution < 1.29 is 14.7 Å². The lowest BCUT2D eigenvalue weighted by atomic mass is 9.95.